The average Bonchev–Trinajstić information content (AvgIpc) is 2.17. The van der Waals surface area contributed by atoms with Gasteiger partial charge in [0.15, 0.2) is 0 Å². The van der Waals surface area contributed by atoms with Crippen LogP contribution >= 0.6 is 0 Å². The molecule has 2 rings (SSSR count). The summed E-state index contributed by atoms with van der Waals surface area (Å²) in [5, 5.41) is 0. The minimum Gasteiger partial charge on any atom is -0.290 e. The van der Waals surface area contributed by atoms with Gasteiger partial charge in [0, 0.05) is 19.1 Å². The van der Waals surface area contributed by atoms with E-state index in [1.54, 1.807) is 0 Å². The van der Waals surface area contributed by atoms with E-state index in [9.17, 15) is 0 Å². The van der Waals surface area contributed by atoms with Crippen LogP contribution < -0.4 is 0 Å². The Morgan fingerprint density at radius 1 is 1.67 bits per heavy atom. The van der Waals surface area contributed by atoms with Gasteiger partial charge in [-0.1, -0.05) is 12.2 Å². The Kier molecular flexibility index (Phi) is 0.320. The summed E-state index contributed by atoms with van der Waals surface area (Å²) in [6.45, 7) is 2.54. The minimum absolute atomic E-state index is 0.866. The molecule has 0 aromatic carbocycles. The second-order valence-electron chi connectivity index (χ2n) is 1.95. The minimum atomic E-state index is 0.866. The number of hydrogen-bond acceptors (Lipinski definition) is 1. The monoisotopic (exact) mass is 81.1 g/mol. The Hall–Kier alpha value is -0.300. The van der Waals surface area contributed by atoms with Gasteiger partial charge in [-0.15, -0.1) is 0 Å². The lowest BCUT2D eigenvalue weighted by molar-refractivity contribution is 0.622. The normalized spacial score (nSPS) is 49.3. The highest BCUT2D eigenvalue weighted by Gasteiger charge is 2.33. The van der Waals surface area contributed by atoms with Crippen molar-refractivity contribution in [3.05, 3.63) is 12.2 Å². The molecule has 1 heteroatoms. The molecule has 0 bridgehead atoms. The molecule has 0 saturated carbocycles. The Morgan fingerprint density at radius 3 is 2.83 bits per heavy atom. The van der Waals surface area contributed by atoms with Gasteiger partial charge >= 0.3 is 0 Å². The van der Waals surface area contributed by atoms with Gasteiger partial charge < -0.3 is 0 Å². The fourth-order valence-corrected chi connectivity index (χ4v) is 0.939. The number of rotatable bonds is 0. The zero-order valence-electron chi connectivity index (χ0n) is 3.59. The van der Waals surface area contributed by atoms with Crippen LogP contribution in [0.3, 0.4) is 0 Å². The van der Waals surface area contributed by atoms with Crippen LogP contribution in [0.15, 0.2) is 12.2 Å². The predicted octanol–water partition coefficient (Wildman–Crippen LogP) is 0.240. The molecule has 2 aliphatic rings. The van der Waals surface area contributed by atoms with E-state index < -0.39 is 0 Å². The maximum Gasteiger partial charge on any atom is 0.0410 e. The molecule has 6 heavy (non-hydrogen) atoms. The highest BCUT2D eigenvalue weighted by atomic mass is 15.3. The smallest absolute Gasteiger partial charge is 0.0410 e. The molecule has 0 radical (unpaired) electrons. The van der Waals surface area contributed by atoms with Crippen molar-refractivity contribution in [2.45, 2.75) is 6.04 Å². The molecule has 1 saturated heterocycles. The van der Waals surface area contributed by atoms with Crippen LogP contribution in [0, 0.1) is 0 Å². The molecule has 0 aromatic rings. The third-order valence-electron chi connectivity index (χ3n) is 1.46. The molecule has 0 aliphatic carbocycles. The molecule has 2 heterocycles. The van der Waals surface area contributed by atoms with E-state index in [4.69, 9.17) is 0 Å². The third-order valence-corrected chi connectivity index (χ3v) is 1.46. The van der Waals surface area contributed by atoms with Crippen molar-refractivity contribution in [1.82, 2.24) is 4.90 Å². The summed E-state index contributed by atoms with van der Waals surface area (Å²) in [5.74, 6) is 0. The number of hydrogen-bond donors (Lipinski definition) is 0. The fraction of sp³-hybridized carbons (Fsp3) is 0.600. The summed E-state index contributed by atoms with van der Waals surface area (Å²) in [5.41, 5.74) is 0. The van der Waals surface area contributed by atoms with E-state index in [-0.39, 0.29) is 0 Å². The van der Waals surface area contributed by atoms with Crippen LogP contribution in [-0.4, -0.2) is 24.0 Å². The zero-order valence-corrected chi connectivity index (χ0v) is 3.59. The Bertz CT molecular complexity index is 96.1. The van der Waals surface area contributed by atoms with Crippen molar-refractivity contribution < 1.29 is 0 Å². The quantitative estimate of drug-likeness (QED) is 0.298. The van der Waals surface area contributed by atoms with E-state index in [0.29, 0.717) is 0 Å². The summed E-state index contributed by atoms with van der Waals surface area (Å²) < 4.78 is 0. The van der Waals surface area contributed by atoms with Crippen molar-refractivity contribution in [2.75, 3.05) is 13.1 Å². The summed E-state index contributed by atoms with van der Waals surface area (Å²) in [6.07, 6.45) is 4.51. The number of nitrogens with zero attached hydrogens (tertiary/aromatic N) is 1. The maximum atomic E-state index is 2.42. The summed E-state index contributed by atoms with van der Waals surface area (Å²) >= 11 is 0. The topological polar surface area (TPSA) is 3.01 Å². The second-order valence-corrected chi connectivity index (χ2v) is 1.95. The van der Waals surface area contributed by atoms with Crippen LogP contribution in [0.2, 0.25) is 0 Å². The molecule has 0 amide bonds. The predicted molar refractivity (Wildman–Crippen MR) is 24.5 cm³/mol. The Morgan fingerprint density at radius 2 is 2.67 bits per heavy atom. The van der Waals surface area contributed by atoms with Gasteiger partial charge in [0.1, 0.15) is 0 Å². The lowest BCUT2D eigenvalue weighted by Gasteiger charge is -1.80. The standard InChI is InChI=1S/C5H7N/c1-2-5-4-6(5)3-1/h1-2,5H,3-4H2. The van der Waals surface area contributed by atoms with Crippen molar-refractivity contribution >= 4 is 0 Å². The molecule has 2 unspecified atom stereocenters. The lowest BCUT2D eigenvalue weighted by Crippen LogP contribution is -1.90. The lowest BCUT2D eigenvalue weighted by atomic mass is 10.4. The first kappa shape index (κ1) is 2.80. The summed E-state index contributed by atoms with van der Waals surface area (Å²) in [7, 11) is 0. The van der Waals surface area contributed by atoms with E-state index in [1.165, 1.54) is 13.1 Å². The van der Waals surface area contributed by atoms with Gasteiger partial charge in [0.05, 0.1) is 0 Å². The van der Waals surface area contributed by atoms with E-state index >= 15 is 0 Å². The van der Waals surface area contributed by atoms with Gasteiger partial charge in [-0.3, -0.25) is 4.90 Å². The van der Waals surface area contributed by atoms with Gasteiger partial charge in [-0.2, -0.15) is 0 Å². The molecular weight excluding hydrogens is 74.1 g/mol. The molecule has 0 spiro atoms. The molecule has 2 atom stereocenters. The van der Waals surface area contributed by atoms with Crippen LogP contribution in [0.25, 0.3) is 0 Å². The summed E-state index contributed by atoms with van der Waals surface area (Å²) in [4.78, 5) is 2.42. The zero-order chi connectivity index (χ0) is 3.98. The van der Waals surface area contributed by atoms with E-state index in [1.807, 2.05) is 0 Å². The fourth-order valence-electron chi connectivity index (χ4n) is 0.939. The van der Waals surface area contributed by atoms with E-state index in [2.05, 4.69) is 17.1 Å². The Balaban J connectivity index is 2.26. The number of fused-ring (bicyclic) bond motifs is 1. The van der Waals surface area contributed by atoms with Gasteiger partial charge in [-0.05, 0) is 0 Å². The first-order valence-corrected chi connectivity index (χ1v) is 2.37. The first-order chi connectivity index (χ1) is 2.97. The van der Waals surface area contributed by atoms with Crippen LogP contribution in [0.1, 0.15) is 0 Å². The van der Waals surface area contributed by atoms with Crippen molar-refractivity contribution in [3.63, 3.8) is 0 Å². The first-order valence-electron chi connectivity index (χ1n) is 2.37. The van der Waals surface area contributed by atoms with Crippen molar-refractivity contribution in [2.24, 2.45) is 0 Å². The van der Waals surface area contributed by atoms with Crippen LogP contribution in [0.4, 0.5) is 0 Å². The molecular formula is C5H7N. The largest absolute Gasteiger partial charge is 0.290 e. The van der Waals surface area contributed by atoms with Gasteiger partial charge in [-0.25, -0.2) is 0 Å². The third kappa shape index (κ3) is 0.197. The van der Waals surface area contributed by atoms with Crippen LogP contribution in [0.5, 0.6) is 0 Å². The van der Waals surface area contributed by atoms with Crippen molar-refractivity contribution in [1.29, 1.82) is 0 Å². The molecule has 1 nitrogen and oxygen atoms in total. The SMILES string of the molecule is C1=CC2CN2C1. The molecule has 0 aromatic heterocycles. The van der Waals surface area contributed by atoms with Gasteiger partial charge in [0.25, 0.3) is 0 Å². The highest BCUT2D eigenvalue weighted by molar-refractivity contribution is 5.14. The average molecular weight is 81.1 g/mol. The van der Waals surface area contributed by atoms with Crippen molar-refractivity contribution in [3.8, 4) is 0 Å². The molecule has 0 N–H and O–H groups in total. The highest BCUT2D eigenvalue weighted by Crippen LogP contribution is 2.22. The summed E-state index contributed by atoms with van der Waals surface area (Å²) in [6, 6.07) is 0.866. The molecule has 2 aliphatic heterocycles. The second kappa shape index (κ2) is 0.684. The molecule has 32 valence electrons. The maximum absolute atomic E-state index is 2.42. The molecule has 1 fully saturated rings. The Labute approximate surface area is 37.3 Å². The van der Waals surface area contributed by atoms with Crippen LogP contribution in [-0.2, 0) is 0 Å². The van der Waals surface area contributed by atoms with E-state index in [0.717, 1.165) is 6.04 Å². The van der Waals surface area contributed by atoms with Gasteiger partial charge in [0.2, 0.25) is 0 Å².